The van der Waals surface area contributed by atoms with Crippen molar-refractivity contribution in [3.8, 4) is 5.69 Å². The number of hydrogen-bond donors (Lipinski definition) is 0. The van der Waals surface area contributed by atoms with Crippen LogP contribution in [-0.2, 0) is 0 Å². The highest BCUT2D eigenvalue weighted by atomic mass is 15.4. The van der Waals surface area contributed by atoms with Gasteiger partial charge in [0.05, 0.1) is 6.21 Å². The average molecular weight is 237 g/mol. The lowest BCUT2D eigenvalue weighted by atomic mass is 10.3. The summed E-state index contributed by atoms with van der Waals surface area (Å²) in [6, 6.07) is 12.1. The predicted molar refractivity (Wildman–Crippen MR) is 68.8 cm³/mol. The Labute approximate surface area is 104 Å². The molecule has 3 rings (SSSR count). The number of nitrogens with zero attached hydrogens (tertiary/aromatic N) is 5. The fraction of sp³-hybridized carbons (Fsp3) is 0. The molecule has 0 N–H and O–H groups in total. The van der Waals surface area contributed by atoms with Gasteiger partial charge < -0.3 is 4.57 Å². The zero-order valence-corrected chi connectivity index (χ0v) is 9.59. The Hall–Kier alpha value is -2.69. The number of aromatic nitrogens is 4. The van der Waals surface area contributed by atoms with Crippen molar-refractivity contribution < 1.29 is 0 Å². The minimum Gasteiger partial charge on any atom is -0.323 e. The van der Waals surface area contributed by atoms with Gasteiger partial charge in [-0.3, -0.25) is 0 Å². The molecular weight excluding hydrogens is 226 g/mol. The number of hydrogen-bond acceptors (Lipinski definition) is 3. The van der Waals surface area contributed by atoms with Crippen molar-refractivity contribution in [3.05, 3.63) is 67.0 Å². The van der Waals surface area contributed by atoms with Gasteiger partial charge in [0, 0.05) is 23.6 Å². The summed E-state index contributed by atoms with van der Waals surface area (Å²) in [5.41, 5.74) is 2.15. The Kier molecular flexibility index (Phi) is 2.71. The van der Waals surface area contributed by atoms with E-state index in [1.165, 1.54) is 0 Å². The van der Waals surface area contributed by atoms with Crippen LogP contribution in [0.15, 0.2) is 66.5 Å². The van der Waals surface area contributed by atoms with Gasteiger partial charge in [0.1, 0.15) is 12.7 Å². The minimum atomic E-state index is 1.02. The molecule has 0 aliphatic rings. The molecule has 0 bridgehead atoms. The van der Waals surface area contributed by atoms with Crippen molar-refractivity contribution in [2.45, 2.75) is 0 Å². The summed E-state index contributed by atoms with van der Waals surface area (Å²) in [5, 5.41) is 11.6. The summed E-state index contributed by atoms with van der Waals surface area (Å²) in [6.45, 7) is 0. The van der Waals surface area contributed by atoms with Gasteiger partial charge in [-0.15, -0.1) is 10.2 Å². The van der Waals surface area contributed by atoms with E-state index >= 15 is 0 Å². The Bertz CT molecular complexity index is 637. The van der Waals surface area contributed by atoms with Gasteiger partial charge >= 0.3 is 0 Å². The second-order valence-electron chi connectivity index (χ2n) is 3.77. The van der Waals surface area contributed by atoms with E-state index in [-0.39, 0.29) is 0 Å². The molecule has 5 nitrogen and oxygen atoms in total. The fourth-order valence-corrected chi connectivity index (χ4v) is 1.64. The molecule has 2 aromatic heterocycles. The van der Waals surface area contributed by atoms with Gasteiger partial charge in [0.2, 0.25) is 0 Å². The Morgan fingerprint density at radius 1 is 1.00 bits per heavy atom. The predicted octanol–water partition coefficient (Wildman–Crippen LogP) is 1.95. The third-order valence-electron chi connectivity index (χ3n) is 2.52. The van der Waals surface area contributed by atoms with Crippen molar-refractivity contribution in [2.75, 3.05) is 0 Å². The number of para-hydroxylation sites is 1. The molecule has 0 spiro atoms. The van der Waals surface area contributed by atoms with Crippen molar-refractivity contribution in [1.29, 1.82) is 0 Å². The third kappa shape index (κ3) is 2.20. The summed E-state index contributed by atoms with van der Waals surface area (Å²) in [7, 11) is 0. The molecule has 0 fully saturated rings. The fourth-order valence-electron chi connectivity index (χ4n) is 1.64. The monoisotopic (exact) mass is 237 g/mol. The van der Waals surface area contributed by atoms with Crippen LogP contribution in [-0.4, -0.2) is 25.7 Å². The summed E-state index contributed by atoms with van der Waals surface area (Å²) < 4.78 is 3.60. The summed E-state index contributed by atoms with van der Waals surface area (Å²) in [6.07, 6.45) is 8.88. The zero-order chi connectivity index (χ0) is 12.2. The van der Waals surface area contributed by atoms with Gasteiger partial charge in [-0.05, 0) is 18.2 Å². The molecule has 1 aromatic carbocycles. The highest BCUT2D eigenvalue weighted by Crippen LogP contribution is 2.09. The smallest absolute Gasteiger partial charge is 0.141 e. The van der Waals surface area contributed by atoms with Crippen LogP contribution >= 0.6 is 0 Å². The van der Waals surface area contributed by atoms with Gasteiger partial charge in [-0.25, -0.2) is 4.68 Å². The molecule has 0 saturated carbocycles. The lowest BCUT2D eigenvalue weighted by Crippen LogP contribution is -1.89. The SMILES string of the molecule is C(=N/n1cnnc1)/c1ccn(-c2ccccc2)c1. The van der Waals surface area contributed by atoms with Gasteiger partial charge in [0.25, 0.3) is 0 Å². The molecule has 88 valence electrons. The van der Waals surface area contributed by atoms with Crippen LogP contribution in [0.3, 0.4) is 0 Å². The molecule has 0 radical (unpaired) electrons. The van der Waals surface area contributed by atoms with Crippen LogP contribution in [0, 0.1) is 0 Å². The molecule has 0 unspecified atom stereocenters. The molecule has 0 saturated heterocycles. The topological polar surface area (TPSA) is 48.0 Å². The normalized spacial score (nSPS) is 11.1. The maximum Gasteiger partial charge on any atom is 0.141 e. The van der Waals surface area contributed by atoms with Crippen LogP contribution in [0.5, 0.6) is 0 Å². The first-order valence-corrected chi connectivity index (χ1v) is 5.54. The lowest BCUT2D eigenvalue weighted by molar-refractivity contribution is 0.878. The molecule has 0 atom stereocenters. The number of rotatable bonds is 3. The van der Waals surface area contributed by atoms with Crippen LogP contribution in [0.2, 0.25) is 0 Å². The third-order valence-corrected chi connectivity index (χ3v) is 2.52. The van der Waals surface area contributed by atoms with Crippen molar-refractivity contribution in [1.82, 2.24) is 19.4 Å². The second kappa shape index (κ2) is 4.67. The highest BCUT2D eigenvalue weighted by molar-refractivity contribution is 5.79. The van der Waals surface area contributed by atoms with Crippen LogP contribution in [0.1, 0.15) is 5.56 Å². The first-order valence-electron chi connectivity index (χ1n) is 5.54. The van der Waals surface area contributed by atoms with Gasteiger partial charge in [-0.1, -0.05) is 18.2 Å². The average Bonchev–Trinajstić information content (AvgIpc) is 3.09. The van der Waals surface area contributed by atoms with E-state index in [1.54, 1.807) is 23.5 Å². The molecule has 3 aromatic rings. The first kappa shape index (κ1) is 10.5. The molecule has 2 heterocycles. The van der Waals surface area contributed by atoms with Crippen molar-refractivity contribution >= 4 is 6.21 Å². The zero-order valence-electron chi connectivity index (χ0n) is 9.59. The van der Waals surface area contributed by atoms with E-state index in [0.717, 1.165) is 11.3 Å². The molecule has 5 heteroatoms. The molecule has 0 amide bonds. The van der Waals surface area contributed by atoms with E-state index in [0.29, 0.717) is 0 Å². The van der Waals surface area contributed by atoms with Gasteiger partial charge in [0.15, 0.2) is 0 Å². The molecule has 18 heavy (non-hydrogen) atoms. The van der Waals surface area contributed by atoms with Crippen LogP contribution in [0.4, 0.5) is 0 Å². The second-order valence-corrected chi connectivity index (χ2v) is 3.77. The van der Waals surface area contributed by atoms with E-state index in [2.05, 4.69) is 27.4 Å². The quantitative estimate of drug-likeness (QED) is 0.654. The molecule has 0 aliphatic carbocycles. The highest BCUT2D eigenvalue weighted by Gasteiger charge is 1.96. The minimum absolute atomic E-state index is 1.02. The number of benzene rings is 1. The van der Waals surface area contributed by atoms with Crippen molar-refractivity contribution in [3.63, 3.8) is 0 Å². The molecular formula is C13H11N5. The first-order chi connectivity index (χ1) is 8.92. The summed E-state index contributed by atoms with van der Waals surface area (Å²) in [5.74, 6) is 0. The van der Waals surface area contributed by atoms with Crippen LogP contribution < -0.4 is 0 Å². The molecule has 0 aliphatic heterocycles. The lowest BCUT2D eigenvalue weighted by Gasteiger charge is -2.00. The van der Waals surface area contributed by atoms with Gasteiger partial charge in [-0.2, -0.15) is 5.10 Å². The Morgan fingerprint density at radius 3 is 2.56 bits per heavy atom. The standard InChI is InChI=1S/C13H11N5/c1-2-4-13(5-3-1)17-7-6-12(9-17)8-16-18-10-14-15-11-18/h1-11H/b16-8-. The van der Waals surface area contributed by atoms with Crippen LogP contribution in [0.25, 0.3) is 5.69 Å². The maximum atomic E-state index is 4.20. The van der Waals surface area contributed by atoms with E-state index in [1.807, 2.05) is 41.2 Å². The van der Waals surface area contributed by atoms with Crippen molar-refractivity contribution in [2.24, 2.45) is 5.10 Å². The maximum absolute atomic E-state index is 4.20. The Balaban J connectivity index is 1.82. The van der Waals surface area contributed by atoms with E-state index in [4.69, 9.17) is 0 Å². The van der Waals surface area contributed by atoms with E-state index < -0.39 is 0 Å². The van der Waals surface area contributed by atoms with E-state index in [9.17, 15) is 0 Å². The summed E-state index contributed by atoms with van der Waals surface area (Å²) in [4.78, 5) is 0. The summed E-state index contributed by atoms with van der Waals surface area (Å²) >= 11 is 0. The largest absolute Gasteiger partial charge is 0.323 e. The Morgan fingerprint density at radius 2 is 1.78 bits per heavy atom.